The first-order chi connectivity index (χ1) is 22.0. The fourth-order valence-electron chi connectivity index (χ4n) is 4.02. The Kier molecular flexibility index (Phi) is 9.74. The molecule has 0 radical (unpaired) electrons. The van der Waals surface area contributed by atoms with Crippen LogP contribution in [-0.4, -0.2) is 41.5 Å². The van der Waals surface area contributed by atoms with E-state index in [1.54, 1.807) is 24.3 Å². The molecule has 1 atom stereocenters. The number of aromatic nitrogens is 2. The molecule has 5 rings (SSSR count). The lowest BCUT2D eigenvalue weighted by atomic mass is 10.1. The van der Waals surface area contributed by atoms with Crippen LogP contribution in [0, 0.1) is 23.5 Å². The number of nitrogens with one attached hydrogen (secondary N) is 1. The first kappa shape index (κ1) is 31.9. The average Bonchev–Trinajstić information content (AvgIpc) is 3.70. The largest absolute Gasteiger partial charge is 0.513 e. The fraction of sp³-hybridized carbons (Fsp3) is 0.281. The zero-order valence-corrected chi connectivity index (χ0v) is 25.3. The van der Waals surface area contributed by atoms with Gasteiger partial charge in [0.1, 0.15) is 23.1 Å². The van der Waals surface area contributed by atoms with E-state index < -0.39 is 30.2 Å². The van der Waals surface area contributed by atoms with Gasteiger partial charge >= 0.3 is 12.3 Å². The second kappa shape index (κ2) is 14.1. The molecular weight excluding hydrogens is 606 g/mol. The molecule has 12 nitrogen and oxygen atoms in total. The van der Waals surface area contributed by atoms with Crippen LogP contribution in [-0.2, 0) is 14.3 Å². The van der Waals surface area contributed by atoms with E-state index in [0.717, 1.165) is 12.1 Å². The highest BCUT2D eigenvalue weighted by Gasteiger charge is 2.25. The van der Waals surface area contributed by atoms with Gasteiger partial charge in [-0.3, -0.25) is 0 Å². The molecule has 0 saturated carbocycles. The van der Waals surface area contributed by atoms with E-state index in [9.17, 15) is 18.4 Å². The maximum absolute atomic E-state index is 14.8. The topological polar surface area (TPSA) is 144 Å². The van der Waals surface area contributed by atoms with Crippen LogP contribution >= 0.6 is 0 Å². The number of halogens is 2. The minimum Gasteiger partial charge on any atom is -0.434 e. The summed E-state index contributed by atoms with van der Waals surface area (Å²) in [4.78, 5) is 33.3. The molecule has 1 N–H and O–H groups in total. The molecular formula is C32H30F2N4O8. The maximum Gasteiger partial charge on any atom is 0.513 e. The van der Waals surface area contributed by atoms with Gasteiger partial charge in [0.15, 0.2) is 5.84 Å². The number of rotatable bonds is 10. The van der Waals surface area contributed by atoms with E-state index in [4.69, 9.17) is 28.3 Å². The molecule has 3 aromatic carbocycles. The van der Waals surface area contributed by atoms with Crippen molar-refractivity contribution in [2.24, 2.45) is 17.0 Å². The van der Waals surface area contributed by atoms with E-state index in [1.165, 1.54) is 24.3 Å². The molecule has 1 aliphatic rings. The third-order valence-corrected chi connectivity index (χ3v) is 6.25. The van der Waals surface area contributed by atoms with Gasteiger partial charge in [0.2, 0.25) is 12.1 Å². The van der Waals surface area contributed by atoms with Crippen LogP contribution in [0.5, 0.6) is 11.5 Å². The lowest BCUT2D eigenvalue weighted by molar-refractivity contribution is 0.0729. The summed E-state index contributed by atoms with van der Waals surface area (Å²) in [6.45, 7) is 7.87. The monoisotopic (exact) mass is 636 g/mol. The first-order valence-electron chi connectivity index (χ1n) is 14.3. The first-order valence-corrected chi connectivity index (χ1v) is 14.3. The molecule has 0 bridgehead atoms. The summed E-state index contributed by atoms with van der Waals surface area (Å²) >= 11 is 0. The molecule has 1 aliphatic heterocycles. The van der Waals surface area contributed by atoms with Crippen LogP contribution in [0.2, 0.25) is 0 Å². The second-order valence-corrected chi connectivity index (χ2v) is 11.0. The third kappa shape index (κ3) is 7.94. The molecule has 4 aromatic rings. The van der Waals surface area contributed by atoms with Crippen molar-refractivity contribution in [2.75, 3.05) is 13.2 Å². The Morgan fingerprint density at radius 3 is 1.93 bits per heavy atom. The van der Waals surface area contributed by atoms with Crippen LogP contribution in [0.15, 0.2) is 70.3 Å². The van der Waals surface area contributed by atoms with E-state index >= 15 is 0 Å². The van der Waals surface area contributed by atoms with E-state index in [-0.39, 0.29) is 65.2 Å². The molecule has 1 unspecified atom stereocenters. The molecule has 0 amide bonds. The smallest absolute Gasteiger partial charge is 0.434 e. The Labute approximate surface area is 262 Å². The van der Waals surface area contributed by atoms with Gasteiger partial charge in [-0.1, -0.05) is 50.1 Å². The molecule has 46 heavy (non-hydrogen) atoms. The zero-order chi connectivity index (χ0) is 32.8. The van der Waals surface area contributed by atoms with Crippen molar-refractivity contribution in [3.63, 3.8) is 0 Å². The molecule has 1 aromatic heterocycles. The summed E-state index contributed by atoms with van der Waals surface area (Å²) in [6, 6.07) is 14.5. The molecule has 0 spiro atoms. The predicted molar refractivity (Wildman–Crippen MR) is 159 cm³/mol. The van der Waals surface area contributed by atoms with Gasteiger partial charge in [-0.15, -0.1) is 0 Å². The number of oxime groups is 1. The highest BCUT2D eigenvalue weighted by molar-refractivity contribution is 5.99. The van der Waals surface area contributed by atoms with Crippen molar-refractivity contribution in [1.29, 1.82) is 0 Å². The second-order valence-electron chi connectivity index (χ2n) is 11.0. The number of carbonyl (C=O) groups excluding carboxylic acids is 2. The standard InChI is InChI=1S/C32H30F2N4O8/c1-17(2)15-41-31(39)43-21-9-11-23(25(33)13-21)27-35-29(45-37-27)19-5-7-20(8-6-19)30-36-28(38-46-30)24-12-10-22(14-26(24)34)44-32(40)42-16-18(3)4/h5-14,17-18,29H,15-16H2,1-4H3,(H,35,37). The number of amidine groups is 1. The lowest BCUT2D eigenvalue weighted by Crippen LogP contribution is -2.24. The number of hydrogen-bond donors (Lipinski definition) is 1. The number of carbonyl (C=O) groups is 2. The maximum atomic E-state index is 14.8. The summed E-state index contributed by atoms with van der Waals surface area (Å²) in [7, 11) is 0. The number of benzene rings is 3. The van der Waals surface area contributed by atoms with Crippen molar-refractivity contribution in [2.45, 2.75) is 33.9 Å². The summed E-state index contributed by atoms with van der Waals surface area (Å²) in [5.74, 6) is -0.921. The molecule has 0 saturated heterocycles. The summed E-state index contributed by atoms with van der Waals surface area (Å²) in [6.07, 6.45) is -2.57. The van der Waals surface area contributed by atoms with Crippen LogP contribution < -0.4 is 14.8 Å². The number of nitrogens with zero attached hydrogens (tertiary/aromatic N) is 3. The number of ether oxygens (including phenoxy) is 4. The van der Waals surface area contributed by atoms with Gasteiger partial charge in [0.25, 0.3) is 5.89 Å². The summed E-state index contributed by atoms with van der Waals surface area (Å²) < 4.78 is 54.9. The molecule has 0 aliphatic carbocycles. The average molecular weight is 637 g/mol. The molecule has 2 heterocycles. The highest BCUT2D eigenvalue weighted by atomic mass is 19.1. The number of hydrogen-bond acceptors (Lipinski definition) is 12. The van der Waals surface area contributed by atoms with Crippen LogP contribution in [0.3, 0.4) is 0 Å². The van der Waals surface area contributed by atoms with E-state index in [1.807, 2.05) is 27.7 Å². The predicted octanol–water partition coefficient (Wildman–Crippen LogP) is 7.00. The van der Waals surface area contributed by atoms with Crippen molar-refractivity contribution >= 4 is 18.1 Å². The van der Waals surface area contributed by atoms with E-state index in [2.05, 4.69) is 20.6 Å². The molecule has 0 fully saturated rings. The third-order valence-electron chi connectivity index (χ3n) is 6.25. The Balaban J connectivity index is 1.18. The van der Waals surface area contributed by atoms with Gasteiger partial charge in [0, 0.05) is 23.3 Å². The molecule has 14 heteroatoms. The minimum atomic E-state index is -0.930. The highest BCUT2D eigenvalue weighted by Crippen LogP contribution is 2.29. The lowest BCUT2D eigenvalue weighted by Gasteiger charge is -2.11. The zero-order valence-electron chi connectivity index (χ0n) is 25.3. The van der Waals surface area contributed by atoms with Gasteiger partial charge in [-0.25, -0.2) is 18.4 Å². The minimum absolute atomic E-state index is 0.00441. The quantitative estimate of drug-likeness (QED) is 0.142. The van der Waals surface area contributed by atoms with Crippen LogP contribution in [0.1, 0.15) is 45.0 Å². The van der Waals surface area contributed by atoms with Crippen molar-refractivity contribution in [1.82, 2.24) is 15.5 Å². The van der Waals surface area contributed by atoms with Crippen molar-refractivity contribution in [3.05, 3.63) is 83.4 Å². The van der Waals surface area contributed by atoms with Gasteiger partial charge in [0.05, 0.1) is 24.3 Å². The van der Waals surface area contributed by atoms with Gasteiger partial charge in [-0.2, -0.15) is 4.98 Å². The Morgan fingerprint density at radius 2 is 1.39 bits per heavy atom. The Bertz CT molecular complexity index is 1740. The van der Waals surface area contributed by atoms with Crippen LogP contribution in [0.25, 0.3) is 22.8 Å². The van der Waals surface area contributed by atoms with Gasteiger partial charge in [-0.05, 0) is 48.2 Å². The summed E-state index contributed by atoms with van der Waals surface area (Å²) in [5, 5.41) is 10.8. The van der Waals surface area contributed by atoms with E-state index in [0.29, 0.717) is 11.1 Å². The fourth-order valence-corrected chi connectivity index (χ4v) is 4.02. The van der Waals surface area contributed by atoms with Gasteiger partial charge < -0.3 is 33.6 Å². The normalized spacial score (nSPS) is 14.0. The Hall–Kier alpha value is -5.53. The van der Waals surface area contributed by atoms with Crippen molar-refractivity contribution < 1.29 is 46.7 Å². The van der Waals surface area contributed by atoms with Crippen LogP contribution in [0.4, 0.5) is 18.4 Å². The Morgan fingerprint density at radius 1 is 0.826 bits per heavy atom. The summed E-state index contributed by atoms with van der Waals surface area (Å²) in [5.41, 5.74) is 1.35. The molecule has 240 valence electrons. The SMILES string of the molecule is CC(C)COC(=O)Oc1ccc(C2=NOC(c3ccc(-c4nc(-c5ccc(OC(=O)OCC(C)C)cc5F)no4)cc3)N2)c(F)c1. The van der Waals surface area contributed by atoms with Crippen molar-refractivity contribution in [3.8, 4) is 34.3 Å².